The standard InChI is InChI=1S/C42H54N6O8S2/c1-5-47(6-2)27-26-46(3)25-23-31-15-21-37(40(28-31)56-4)32-16-18-33(19-17-32)41(49)45-58(54,55)36-20-22-38(39(29-36)48(52)53)44-34(12-10-11-24-43-42(50)51)30-57-35-13-8-7-9-14-35/h7-9,13-22,28-29,34,43-44H,5-6,10-12,23-27,30H2,1-4H3,(H,45,49)(H,50,51)/t34-/m1/s1. The Morgan fingerprint density at radius 3 is 2.31 bits per heavy atom. The van der Waals surface area contributed by atoms with Gasteiger partial charge in [-0.15, -0.1) is 11.8 Å². The van der Waals surface area contributed by atoms with E-state index in [-0.39, 0.29) is 23.8 Å². The number of sulfonamides is 1. The zero-order chi connectivity index (χ0) is 42.1. The molecule has 4 aromatic rings. The number of nitrogens with one attached hydrogen (secondary N) is 3. The van der Waals surface area contributed by atoms with Gasteiger partial charge in [0.05, 0.1) is 16.9 Å². The Balaban J connectivity index is 1.42. The number of carbonyl (C=O) groups excluding carboxylic acids is 1. The second kappa shape index (κ2) is 22.7. The molecule has 0 saturated heterocycles. The van der Waals surface area contributed by atoms with Gasteiger partial charge in [-0.2, -0.15) is 0 Å². The highest BCUT2D eigenvalue weighted by molar-refractivity contribution is 7.99. The van der Waals surface area contributed by atoms with Gasteiger partial charge in [-0.05, 0) is 99.4 Å². The second-order valence-electron chi connectivity index (χ2n) is 13.8. The molecule has 0 heterocycles. The van der Waals surface area contributed by atoms with E-state index in [2.05, 4.69) is 47.4 Å². The molecule has 16 heteroatoms. The van der Waals surface area contributed by atoms with Crippen molar-refractivity contribution in [3.05, 3.63) is 112 Å². The minimum Gasteiger partial charge on any atom is -0.496 e. The lowest BCUT2D eigenvalue weighted by atomic mass is 10.00. The Kier molecular flexibility index (Phi) is 17.8. The van der Waals surface area contributed by atoms with Gasteiger partial charge in [0.2, 0.25) is 0 Å². The lowest BCUT2D eigenvalue weighted by molar-refractivity contribution is -0.384. The fourth-order valence-corrected chi connectivity index (χ4v) is 8.23. The normalized spacial score (nSPS) is 12.0. The molecule has 0 aliphatic heterocycles. The molecule has 0 aliphatic carbocycles. The van der Waals surface area contributed by atoms with Gasteiger partial charge in [0.15, 0.2) is 0 Å². The van der Waals surface area contributed by atoms with E-state index in [0.29, 0.717) is 30.8 Å². The number of benzene rings is 4. The minimum absolute atomic E-state index is 0.0840. The third-order valence-corrected chi connectivity index (χ3v) is 12.2. The van der Waals surface area contributed by atoms with E-state index in [0.717, 1.165) is 66.8 Å². The zero-order valence-electron chi connectivity index (χ0n) is 33.5. The third-order valence-electron chi connectivity index (χ3n) is 9.71. The van der Waals surface area contributed by atoms with Crippen LogP contribution in [0.4, 0.5) is 16.2 Å². The van der Waals surface area contributed by atoms with Crippen LogP contribution in [-0.2, 0) is 16.4 Å². The molecule has 4 N–H and O–H groups in total. The number of unbranched alkanes of at least 4 members (excludes halogenated alkanes) is 1. The number of nitrogens with zero attached hydrogens (tertiary/aromatic N) is 3. The smallest absolute Gasteiger partial charge is 0.404 e. The topological polar surface area (TPSA) is 183 Å². The molecule has 2 amide bonds. The maximum Gasteiger partial charge on any atom is 0.404 e. The van der Waals surface area contributed by atoms with E-state index in [1.807, 2.05) is 47.2 Å². The summed E-state index contributed by atoms with van der Waals surface area (Å²) >= 11 is 1.56. The highest BCUT2D eigenvalue weighted by atomic mass is 32.2. The molecular formula is C42H54N6O8S2. The van der Waals surface area contributed by atoms with Crippen molar-refractivity contribution >= 4 is 45.2 Å². The van der Waals surface area contributed by atoms with E-state index in [1.54, 1.807) is 31.0 Å². The summed E-state index contributed by atoms with van der Waals surface area (Å²) in [6.45, 7) is 9.59. The molecular weight excluding hydrogens is 781 g/mol. The number of hydrogen-bond donors (Lipinski definition) is 4. The fourth-order valence-electron chi connectivity index (χ4n) is 6.25. The van der Waals surface area contributed by atoms with Gasteiger partial charge in [0.25, 0.3) is 21.6 Å². The van der Waals surface area contributed by atoms with Crippen molar-refractivity contribution in [2.75, 3.05) is 64.5 Å². The van der Waals surface area contributed by atoms with Crippen LogP contribution < -0.4 is 20.1 Å². The highest BCUT2D eigenvalue weighted by Gasteiger charge is 2.25. The number of hydrogen-bond acceptors (Lipinski definition) is 11. The van der Waals surface area contributed by atoms with Crippen molar-refractivity contribution in [2.45, 2.75) is 55.4 Å². The van der Waals surface area contributed by atoms with E-state index < -0.39 is 37.5 Å². The predicted molar refractivity (Wildman–Crippen MR) is 230 cm³/mol. The van der Waals surface area contributed by atoms with Crippen molar-refractivity contribution in [1.29, 1.82) is 0 Å². The number of methoxy groups -OCH3 is 1. The maximum absolute atomic E-state index is 13.4. The molecule has 4 rings (SSSR count). The Morgan fingerprint density at radius 1 is 0.931 bits per heavy atom. The fraction of sp³-hybridized carbons (Fsp3) is 0.381. The van der Waals surface area contributed by atoms with Crippen LogP contribution in [0.15, 0.2) is 101 Å². The molecule has 0 radical (unpaired) electrons. The number of nitro groups is 1. The quantitative estimate of drug-likeness (QED) is 0.0241. The molecule has 0 unspecified atom stereocenters. The van der Waals surface area contributed by atoms with Crippen molar-refractivity contribution < 1.29 is 32.8 Å². The minimum atomic E-state index is -4.50. The SMILES string of the molecule is CCN(CC)CCN(C)CCc1ccc(-c2ccc(C(=O)NS(=O)(=O)c3ccc(N[C@H](CCCCNC(=O)O)CSc4ccccc4)c([N+](=O)[O-])c3)cc2)c(OC)c1. The molecule has 0 saturated carbocycles. The average Bonchev–Trinajstić information content (AvgIpc) is 3.22. The Hall–Kier alpha value is -5.16. The molecule has 0 bridgehead atoms. The van der Waals surface area contributed by atoms with Crippen LogP contribution in [0.5, 0.6) is 5.75 Å². The Labute approximate surface area is 345 Å². The lowest BCUT2D eigenvalue weighted by Crippen LogP contribution is -2.34. The van der Waals surface area contributed by atoms with Gasteiger partial charge < -0.3 is 30.3 Å². The predicted octanol–water partition coefficient (Wildman–Crippen LogP) is 7.22. The number of rotatable bonds is 24. The van der Waals surface area contributed by atoms with Crippen LogP contribution in [0.2, 0.25) is 0 Å². The first-order chi connectivity index (χ1) is 27.8. The van der Waals surface area contributed by atoms with Gasteiger partial charge in [-0.3, -0.25) is 14.9 Å². The zero-order valence-corrected chi connectivity index (χ0v) is 35.1. The molecule has 0 aromatic heterocycles. The maximum atomic E-state index is 13.4. The molecule has 4 aromatic carbocycles. The Morgan fingerprint density at radius 2 is 1.66 bits per heavy atom. The molecule has 0 fully saturated rings. The number of amides is 2. The van der Waals surface area contributed by atoms with Gasteiger partial charge in [0, 0.05) is 60.1 Å². The van der Waals surface area contributed by atoms with E-state index in [4.69, 9.17) is 9.84 Å². The van der Waals surface area contributed by atoms with Crippen LogP contribution in [-0.4, -0.2) is 105 Å². The molecule has 312 valence electrons. The summed E-state index contributed by atoms with van der Waals surface area (Å²) < 4.78 is 34.5. The average molecular weight is 835 g/mol. The molecule has 0 spiro atoms. The molecule has 1 atom stereocenters. The molecule has 58 heavy (non-hydrogen) atoms. The first-order valence-corrected chi connectivity index (χ1v) is 21.7. The van der Waals surface area contributed by atoms with E-state index >= 15 is 0 Å². The number of ether oxygens (including phenoxy) is 1. The summed E-state index contributed by atoms with van der Waals surface area (Å²) in [5.41, 5.74) is 2.46. The van der Waals surface area contributed by atoms with Gasteiger partial charge in [-0.25, -0.2) is 17.9 Å². The largest absolute Gasteiger partial charge is 0.496 e. The summed E-state index contributed by atoms with van der Waals surface area (Å²) in [4.78, 5) is 40.8. The molecule has 14 nitrogen and oxygen atoms in total. The number of carbonyl (C=O) groups is 2. The first kappa shape index (κ1) is 45.5. The van der Waals surface area contributed by atoms with Gasteiger partial charge in [0.1, 0.15) is 11.4 Å². The van der Waals surface area contributed by atoms with Crippen molar-refractivity contribution in [3.8, 4) is 16.9 Å². The summed E-state index contributed by atoms with van der Waals surface area (Å²) in [5, 5.41) is 26.6. The van der Waals surface area contributed by atoms with Crippen molar-refractivity contribution in [1.82, 2.24) is 19.8 Å². The van der Waals surface area contributed by atoms with Crippen LogP contribution in [0.1, 0.15) is 49.0 Å². The monoisotopic (exact) mass is 834 g/mol. The van der Waals surface area contributed by atoms with Crippen LogP contribution in [0.25, 0.3) is 11.1 Å². The lowest BCUT2D eigenvalue weighted by Gasteiger charge is -2.23. The number of carboxylic acid groups (broad SMARTS) is 1. The molecule has 0 aliphatic rings. The number of nitro benzene ring substituents is 1. The Bertz CT molecular complexity index is 2070. The summed E-state index contributed by atoms with van der Waals surface area (Å²) in [6, 6.07) is 25.3. The number of likely N-dealkylation sites (N-methyl/N-ethyl adjacent to an activating group) is 2. The summed E-state index contributed by atoms with van der Waals surface area (Å²) in [5.74, 6) is 0.326. The van der Waals surface area contributed by atoms with Crippen LogP contribution in [0.3, 0.4) is 0 Å². The van der Waals surface area contributed by atoms with Gasteiger partial charge >= 0.3 is 6.09 Å². The second-order valence-corrected chi connectivity index (χ2v) is 16.5. The highest BCUT2D eigenvalue weighted by Crippen LogP contribution is 2.33. The summed E-state index contributed by atoms with van der Waals surface area (Å²) in [6.07, 6.45) is 1.52. The van der Waals surface area contributed by atoms with Crippen molar-refractivity contribution in [2.24, 2.45) is 0 Å². The van der Waals surface area contributed by atoms with Gasteiger partial charge in [-0.1, -0.05) is 56.3 Å². The van der Waals surface area contributed by atoms with E-state index in [9.17, 15) is 28.1 Å². The van der Waals surface area contributed by atoms with Crippen LogP contribution >= 0.6 is 11.8 Å². The third kappa shape index (κ3) is 14.0. The van der Waals surface area contributed by atoms with Crippen LogP contribution in [0, 0.1) is 10.1 Å². The summed E-state index contributed by atoms with van der Waals surface area (Å²) in [7, 11) is -0.774. The first-order valence-electron chi connectivity index (χ1n) is 19.3. The number of thioether (sulfide) groups is 1. The van der Waals surface area contributed by atoms with E-state index in [1.165, 1.54) is 24.3 Å². The van der Waals surface area contributed by atoms with Crippen molar-refractivity contribution in [3.63, 3.8) is 0 Å². The number of anilines is 1.